The zero-order valence-electron chi connectivity index (χ0n) is 25.9. The van der Waals surface area contributed by atoms with Gasteiger partial charge >= 0.3 is 6.18 Å². The fourth-order valence-electron chi connectivity index (χ4n) is 5.69. The van der Waals surface area contributed by atoms with Gasteiger partial charge in [-0.2, -0.15) is 13.2 Å². The standard InChI is InChI=1S/C27H30F4N4OS.C5H9NO.C2H2/c1-32-37-21-12-13-24(26(16-21)36-18-28)33-14-6-9-20-15-22-23(34-19-7-3-2-4-8-19)10-5-11-25(22)35(20)17-27(29,30)31;1-5(2-6-1)3-7-4-5;1-2/h5,10-13,15-16,19,32-34H,2-4,7-8,14,17-18H2,1H3;6H,1-4H2;1-2H. The van der Waals surface area contributed by atoms with Gasteiger partial charge in [-0.1, -0.05) is 31.2 Å². The van der Waals surface area contributed by atoms with Gasteiger partial charge in [0.15, 0.2) is 0 Å². The lowest BCUT2D eigenvalue weighted by Gasteiger charge is -2.48. The van der Waals surface area contributed by atoms with Crippen LogP contribution in [0, 0.1) is 30.1 Å². The van der Waals surface area contributed by atoms with Crippen molar-refractivity contribution < 1.29 is 27.0 Å². The Morgan fingerprint density at radius 1 is 1.09 bits per heavy atom. The zero-order chi connectivity index (χ0) is 33.0. The van der Waals surface area contributed by atoms with E-state index in [1.54, 1.807) is 37.4 Å². The van der Waals surface area contributed by atoms with Gasteiger partial charge in [-0.25, -0.2) is 4.39 Å². The molecule has 0 atom stereocenters. The van der Waals surface area contributed by atoms with Crippen molar-refractivity contribution in [3.05, 3.63) is 48.2 Å². The van der Waals surface area contributed by atoms with E-state index in [9.17, 15) is 17.6 Å². The number of aromatic nitrogens is 1. The third-order valence-corrected chi connectivity index (χ3v) is 8.72. The highest BCUT2D eigenvalue weighted by atomic mass is 32.2. The summed E-state index contributed by atoms with van der Waals surface area (Å²) in [6.45, 7) is 2.41. The molecule has 2 aliphatic heterocycles. The van der Waals surface area contributed by atoms with Gasteiger partial charge in [-0.05, 0) is 74.2 Å². The van der Waals surface area contributed by atoms with E-state index in [1.165, 1.54) is 36.0 Å². The zero-order valence-corrected chi connectivity index (χ0v) is 26.8. The third-order valence-electron chi connectivity index (χ3n) is 8.03. The summed E-state index contributed by atoms with van der Waals surface area (Å²) in [4.78, 5) is 0.844. The monoisotopic (exact) mass is 659 g/mol. The number of hydrogen-bond donors (Lipinski definition) is 4. The highest BCUT2D eigenvalue weighted by Crippen LogP contribution is 2.33. The largest absolute Gasteiger partial charge is 0.461 e. The van der Waals surface area contributed by atoms with Crippen LogP contribution in [0.5, 0.6) is 5.75 Å². The van der Waals surface area contributed by atoms with Crippen molar-refractivity contribution in [3.8, 4) is 30.4 Å². The highest BCUT2D eigenvalue weighted by Gasteiger charge is 2.43. The summed E-state index contributed by atoms with van der Waals surface area (Å²) in [5.41, 5.74) is 2.76. The maximum absolute atomic E-state index is 13.5. The van der Waals surface area contributed by atoms with Gasteiger partial charge in [0.05, 0.1) is 36.7 Å². The van der Waals surface area contributed by atoms with E-state index in [1.807, 2.05) is 12.1 Å². The molecule has 1 spiro atoms. The van der Waals surface area contributed by atoms with E-state index in [-0.39, 0.29) is 12.2 Å². The molecule has 3 heterocycles. The second-order valence-corrected chi connectivity index (χ2v) is 12.5. The maximum atomic E-state index is 13.5. The SMILES string of the molecule is C#C.C1NCC12COC2.CNSc1ccc(NCC#Cc2cc3c(NC4CCCCC4)cccc3n2CC(F)(F)F)c(OCF)c1. The molecule has 46 heavy (non-hydrogen) atoms. The van der Waals surface area contributed by atoms with Gasteiger partial charge in [0, 0.05) is 40.5 Å². The van der Waals surface area contributed by atoms with Crippen molar-refractivity contribution >= 4 is 34.2 Å². The summed E-state index contributed by atoms with van der Waals surface area (Å²) in [5.74, 6) is 6.14. The van der Waals surface area contributed by atoms with Crippen LogP contribution in [0.4, 0.5) is 28.9 Å². The molecule has 0 unspecified atom stereocenters. The number of alkyl halides is 4. The van der Waals surface area contributed by atoms with Gasteiger partial charge in [-0.15, -0.1) is 12.8 Å². The van der Waals surface area contributed by atoms with Crippen LogP contribution < -0.4 is 25.4 Å². The Balaban J connectivity index is 0.000000458. The summed E-state index contributed by atoms with van der Waals surface area (Å²) in [5, 5.41) is 10.6. The van der Waals surface area contributed by atoms with Crippen molar-refractivity contribution in [1.82, 2.24) is 14.6 Å². The minimum absolute atomic E-state index is 0.141. The molecule has 0 radical (unpaired) electrons. The third kappa shape index (κ3) is 9.49. The molecule has 4 N–H and O–H groups in total. The molecule has 1 saturated carbocycles. The molecule has 12 heteroatoms. The van der Waals surface area contributed by atoms with Crippen LogP contribution in [0.3, 0.4) is 0 Å². The van der Waals surface area contributed by atoms with Crippen LogP contribution >= 0.6 is 11.9 Å². The Kier molecular flexibility index (Phi) is 12.9. The molecular weight excluding hydrogens is 618 g/mol. The number of terminal acetylenes is 1. The predicted octanol–water partition coefficient (Wildman–Crippen LogP) is 6.80. The molecule has 6 rings (SSSR count). The number of anilines is 2. The van der Waals surface area contributed by atoms with Crippen LogP contribution in [0.2, 0.25) is 0 Å². The van der Waals surface area contributed by atoms with Gasteiger partial charge in [0.1, 0.15) is 12.3 Å². The van der Waals surface area contributed by atoms with Crippen LogP contribution in [0.1, 0.15) is 37.8 Å². The molecule has 1 aromatic heterocycles. The number of hydrogen-bond acceptors (Lipinski definition) is 7. The fourth-order valence-corrected chi connectivity index (χ4v) is 6.22. The molecule has 3 aliphatic rings. The summed E-state index contributed by atoms with van der Waals surface area (Å²) in [6, 6.07) is 12.7. The van der Waals surface area contributed by atoms with Crippen molar-refractivity contribution in [2.75, 3.05) is 57.4 Å². The number of rotatable bonds is 9. The van der Waals surface area contributed by atoms with Crippen LogP contribution in [-0.4, -0.2) is 63.5 Å². The van der Waals surface area contributed by atoms with Crippen LogP contribution in [-0.2, 0) is 11.3 Å². The van der Waals surface area contributed by atoms with E-state index in [0.717, 1.165) is 54.9 Å². The molecule has 0 bridgehead atoms. The van der Waals surface area contributed by atoms with Crippen LogP contribution in [0.25, 0.3) is 10.9 Å². The predicted molar refractivity (Wildman–Crippen MR) is 178 cm³/mol. The Labute approximate surface area is 272 Å². The van der Waals surface area contributed by atoms with Crippen molar-refractivity contribution in [2.24, 2.45) is 5.41 Å². The van der Waals surface area contributed by atoms with Crippen LogP contribution in [0.15, 0.2) is 47.4 Å². The number of fused-ring (bicyclic) bond motifs is 1. The lowest BCUT2D eigenvalue weighted by atomic mass is 9.80. The molecule has 1 aliphatic carbocycles. The first-order valence-corrected chi connectivity index (χ1v) is 16.1. The minimum atomic E-state index is -4.39. The normalized spacial score (nSPS) is 16.8. The molecule has 248 valence electrons. The molecule has 0 amide bonds. The fraction of sp³-hybridized carbons (Fsp3) is 0.471. The number of ether oxygens (including phenoxy) is 2. The van der Waals surface area contributed by atoms with Gasteiger partial charge < -0.3 is 30.0 Å². The maximum Gasteiger partial charge on any atom is 0.406 e. The number of nitrogens with zero attached hydrogens (tertiary/aromatic N) is 1. The summed E-state index contributed by atoms with van der Waals surface area (Å²) < 4.78 is 67.5. The number of halogens is 4. The summed E-state index contributed by atoms with van der Waals surface area (Å²) in [6.07, 6.45) is 9.25. The molecule has 3 fully saturated rings. The van der Waals surface area contributed by atoms with E-state index in [4.69, 9.17) is 9.47 Å². The Bertz CT molecular complexity index is 1480. The van der Waals surface area contributed by atoms with Gasteiger partial charge in [0.25, 0.3) is 0 Å². The van der Waals surface area contributed by atoms with Crippen molar-refractivity contribution in [1.29, 1.82) is 0 Å². The van der Waals surface area contributed by atoms with E-state index in [0.29, 0.717) is 28.4 Å². The summed E-state index contributed by atoms with van der Waals surface area (Å²) in [7, 11) is 1.77. The Morgan fingerprint density at radius 2 is 1.85 bits per heavy atom. The number of nitrogens with one attached hydrogen (secondary N) is 4. The quantitative estimate of drug-likeness (QED) is 0.115. The molecule has 7 nitrogen and oxygen atoms in total. The summed E-state index contributed by atoms with van der Waals surface area (Å²) >= 11 is 1.36. The topological polar surface area (TPSA) is 71.5 Å². The first-order valence-electron chi connectivity index (χ1n) is 15.3. The molecule has 2 aromatic carbocycles. The Morgan fingerprint density at radius 3 is 2.43 bits per heavy atom. The smallest absolute Gasteiger partial charge is 0.406 e. The van der Waals surface area contributed by atoms with E-state index < -0.39 is 19.6 Å². The molecule has 2 saturated heterocycles. The second-order valence-electron chi connectivity index (χ2n) is 11.4. The Hall–Kier alpha value is -3.55. The highest BCUT2D eigenvalue weighted by molar-refractivity contribution is 7.97. The molecular formula is C34H41F4N5O2S. The lowest BCUT2D eigenvalue weighted by Crippen LogP contribution is -2.64. The van der Waals surface area contributed by atoms with E-state index >= 15 is 0 Å². The first kappa shape index (κ1) is 35.3. The van der Waals surface area contributed by atoms with Crippen molar-refractivity contribution in [2.45, 2.75) is 55.8 Å². The van der Waals surface area contributed by atoms with Gasteiger partial charge in [0.2, 0.25) is 6.86 Å². The molecule has 3 aromatic rings. The average molecular weight is 660 g/mol. The van der Waals surface area contributed by atoms with Gasteiger partial charge in [-0.3, -0.25) is 4.72 Å². The number of benzene rings is 2. The second kappa shape index (κ2) is 16.8. The lowest BCUT2D eigenvalue weighted by molar-refractivity contribution is -0.140. The average Bonchev–Trinajstić information content (AvgIpc) is 3.33. The first-order chi connectivity index (χ1) is 22.3. The van der Waals surface area contributed by atoms with E-state index in [2.05, 4.69) is 45.4 Å². The van der Waals surface area contributed by atoms with Crippen molar-refractivity contribution in [3.63, 3.8) is 0 Å². The minimum Gasteiger partial charge on any atom is -0.461 e.